The van der Waals surface area contributed by atoms with Crippen LogP contribution in [-0.4, -0.2) is 47.9 Å². The molecule has 0 aliphatic carbocycles. The molecule has 5 heteroatoms. The Hall–Kier alpha value is -0.810. The van der Waals surface area contributed by atoms with E-state index < -0.39 is 5.60 Å². The SMILES string of the molecule is CC(C)(C)OC(=O)N1C[C@@]2(CN)C[C@@H]1CO2. The van der Waals surface area contributed by atoms with Crippen molar-refractivity contribution in [2.45, 2.75) is 44.4 Å². The Balaban J connectivity index is 2.01. The Morgan fingerprint density at radius 2 is 2.31 bits per heavy atom. The third-order valence-corrected chi connectivity index (χ3v) is 3.09. The van der Waals surface area contributed by atoms with Crippen molar-refractivity contribution >= 4 is 6.09 Å². The maximum atomic E-state index is 11.9. The van der Waals surface area contributed by atoms with E-state index in [-0.39, 0.29) is 17.7 Å². The van der Waals surface area contributed by atoms with Crippen LogP contribution in [0.3, 0.4) is 0 Å². The second-order valence-electron chi connectivity index (χ2n) is 5.66. The number of nitrogens with two attached hydrogens (primary N) is 1. The van der Waals surface area contributed by atoms with E-state index in [0.29, 0.717) is 19.7 Å². The number of hydrogen-bond acceptors (Lipinski definition) is 4. The Morgan fingerprint density at radius 1 is 1.62 bits per heavy atom. The number of nitrogens with zero attached hydrogens (tertiary/aromatic N) is 1. The van der Waals surface area contributed by atoms with Gasteiger partial charge >= 0.3 is 6.09 Å². The molecule has 2 fully saturated rings. The molecule has 0 spiro atoms. The van der Waals surface area contributed by atoms with E-state index in [1.165, 1.54) is 0 Å². The van der Waals surface area contributed by atoms with Crippen molar-refractivity contribution in [2.75, 3.05) is 19.7 Å². The van der Waals surface area contributed by atoms with Gasteiger partial charge in [0, 0.05) is 13.0 Å². The molecule has 92 valence electrons. The summed E-state index contributed by atoms with van der Waals surface area (Å²) in [6.45, 7) is 7.21. The minimum absolute atomic E-state index is 0.137. The molecule has 2 rings (SSSR count). The van der Waals surface area contributed by atoms with Crippen LogP contribution in [0.2, 0.25) is 0 Å². The van der Waals surface area contributed by atoms with E-state index in [2.05, 4.69) is 0 Å². The summed E-state index contributed by atoms with van der Waals surface area (Å²) < 4.78 is 11.0. The van der Waals surface area contributed by atoms with Crippen molar-refractivity contribution in [3.63, 3.8) is 0 Å². The lowest BCUT2D eigenvalue weighted by Crippen LogP contribution is -2.49. The highest BCUT2D eigenvalue weighted by Gasteiger charge is 2.52. The summed E-state index contributed by atoms with van der Waals surface area (Å²) in [4.78, 5) is 13.7. The van der Waals surface area contributed by atoms with Crippen LogP contribution in [0, 0.1) is 0 Å². The topological polar surface area (TPSA) is 64.8 Å². The molecule has 5 nitrogen and oxygen atoms in total. The number of carbonyl (C=O) groups is 1. The van der Waals surface area contributed by atoms with E-state index in [1.54, 1.807) is 4.90 Å². The molecule has 0 saturated carbocycles. The van der Waals surface area contributed by atoms with Crippen LogP contribution in [0.25, 0.3) is 0 Å². The summed E-state index contributed by atoms with van der Waals surface area (Å²) in [5.41, 5.74) is 4.93. The number of rotatable bonds is 1. The molecule has 2 heterocycles. The van der Waals surface area contributed by atoms with Gasteiger partial charge in [-0.2, -0.15) is 0 Å². The molecule has 2 aliphatic heterocycles. The van der Waals surface area contributed by atoms with Crippen LogP contribution in [-0.2, 0) is 9.47 Å². The Labute approximate surface area is 95.9 Å². The largest absolute Gasteiger partial charge is 0.444 e. The van der Waals surface area contributed by atoms with E-state index in [1.807, 2.05) is 20.8 Å². The van der Waals surface area contributed by atoms with Crippen LogP contribution >= 0.6 is 0 Å². The third kappa shape index (κ3) is 2.01. The van der Waals surface area contributed by atoms with Gasteiger partial charge in [-0.05, 0) is 20.8 Å². The summed E-state index contributed by atoms with van der Waals surface area (Å²) in [6.07, 6.45) is 0.582. The summed E-state index contributed by atoms with van der Waals surface area (Å²) in [5, 5.41) is 0. The summed E-state index contributed by atoms with van der Waals surface area (Å²) in [7, 11) is 0. The second kappa shape index (κ2) is 3.60. The number of likely N-dealkylation sites (tertiary alicyclic amines) is 1. The van der Waals surface area contributed by atoms with Crippen LogP contribution in [0.5, 0.6) is 0 Å². The van der Waals surface area contributed by atoms with Gasteiger partial charge in [0.15, 0.2) is 0 Å². The van der Waals surface area contributed by atoms with Gasteiger partial charge in [-0.15, -0.1) is 0 Å². The first-order valence-electron chi connectivity index (χ1n) is 5.69. The van der Waals surface area contributed by atoms with Crippen molar-refractivity contribution in [3.8, 4) is 0 Å². The van der Waals surface area contributed by atoms with Gasteiger partial charge in [-0.3, -0.25) is 4.90 Å². The Morgan fingerprint density at radius 3 is 2.81 bits per heavy atom. The van der Waals surface area contributed by atoms with Gasteiger partial charge in [-0.1, -0.05) is 0 Å². The molecule has 0 aromatic rings. The van der Waals surface area contributed by atoms with Gasteiger partial charge in [0.1, 0.15) is 11.2 Å². The van der Waals surface area contributed by atoms with E-state index in [4.69, 9.17) is 15.2 Å². The smallest absolute Gasteiger partial charge is 0.410 e. The highest BCUT2D eigenvalue weighted by atomic mass is 16.6. The van der Waals surface area contributed by atoms with Crippen LogP contribution < -0.4 is 5.73 Å². The third-order valence-electron chi connectivity index (χ3n) is 3.09. The molecule has 2 bridgehead atoms. The lowest BCUT2D eigenvalue weighted by molar-refractivity contribution is -0.0478. The average molecular weight is 228 g/mol. The van der Waals surface area contributed by atoms with Crippen molar-refractivity contribution < 1.29 is 14.3 Å². The first-order chi connectivity index (χ1) is 7.35. The van der Waals surface area contributed by atoms with Gasteiger partial charge in [0.25, 0.3) is 0 Å². The lowest BCUT2D eigenvalue weighted by Gasteiger charge is -2.33. The van der Waals surface area contributed by atoms with Crippen LogP contribution in [0.1, 0.15) is 27.2 Å². The van der Waals surface area contributed by atoms with Crippen LogP contribution in [0.4, 0.5) is 4.79 Å². The Bertz CT molecular complexity index is 300. The quantitative estimate of drug-likeness (QED) is 0.718. The molecular weight excluding hydrogens is 208 g/mol. The van der Waals surface area contributed by atoms with Gasteiger partial charge in [0.05, 0.1) is 19.2 Å². The van der Waals surface area contributed by atoms with E-state index >= 15 is 0 Å². The molecule has 2 aliphatic rings. The average Bonchev–Trinajstić information content (AvgIpc) is 2.72. The molecule has 2 atom stereocenters. The van der Waals surface area contributed by atoms with Gasteiger partial charge < -0.3 is 15.2 Å². The standard InChI is InChI=1S/C11H20N2O3/c1-10(2,3)16-9(14)13-7-11(6-12)4-8(13)5-15-11/h8H,4-7,12H2,1-3H3/t8-,11+/m1/s1. The predicted octanol–water partition coefficient (Wildman–Crippen LogP) is 0.723. The van der Waals surface area contributed by atoms with Gasteiger partial charge in [0.2, 0.25) is 0 Å². The Kier molecular flexibility index (Phi) is 2.62. The molecular formula is C11H20N2O3. The normalized spacial score (nSPS) is 33.2. The zero-order valence-corrected chi connectivity index (χ0v) is 10.2. The van der Waals surface area contributed by atoms with E-state index in [0.717, 1.165) is 6.42 Å². The summed E-state index contributed by atoms with van der Waals surface area (Å²) in [6, 6.07) is 0.137. The number of amides is 1. The number of hydrogen-bond donors (Lipinski definition) is 1. The highest BCUT2D eigenvalue weighted by Crippen LogP contribution is 2.37. The first kappa shape index (κ1) is 11.7. The minimum Gasteiger partial charge on any atom is -0.444 e. The summed E-state index contributed by atoms with van der Waals surface area (Å²) >= 11 is 0. The molecule has 0 unspecified atom stereocenters. The molecule has 16 heavy (non-hydrogen) atoms. The molecule has 1 amide bonds. The fraction of sp³-hybridized carbons (Fsp3) is 0.909. The maximum Gasteiger partial charge on any atom is 0.410 e. The molecule has 0 aromatic carbocycles. The minimum atomic E-state index is -0.449. The number of ether oxygens (including phenoxy) is 2. The summed E-state index contributed by atoms with van der Waals surface area (Å²) in [5.74, 6) is 0. The zero-order chi connectivity index (χ0) is 12.0. The van der Waals surface area contributed by atoms with Crippen molar-refractivity contribution in [2.24, 2.45) is 5.73 Å². The van der Waals surface area contributed by atoms with Gasteiger partial charge in [-0.25, -0.2) is 4.79 Å². The van der Waals surface area contributed by atoms with Crippen molar-refractivity contribution in [1.82, 2.24) is 4.90 Å². The predicted molar refractivity (Wildman–Crippen MR) is 59.1 cm³/mol. The second-order valence-corrected chi connectivity index (χ2v) is 5.66. The molecule has 0 aromatic heterocycles. The first-order valence-corrected chi connectivity index (χ1v) is 5.69. The maximum absolute atomic E-state index is 11.9. The van der Waals surface area contributed by atoms with Crippen LogP contribution in [0.15, 0.2) is 0 Å². The fourth-order valence-corrected chi connectivity index (χ4v) is 2.31. The molecule has 2 saturated heterocycles. The number of fused-ring (bicyclic) bond motifs is 2. The number of carbonyl (C=O) groups excluding carboxylic acids is 1. The van der Waals surface area contributed by atoms with Crippen molar-refractivity contribution in [3.05, 3.63) is 0 Å². The lowest BCUT2D eigenvalue weighted by atomic mass is 10.0. The highest BCUT2D eigenvalue weighted by molar-refractivity contribution is 5.69. The van der Waals surface area contributed by atoms with Crippen molar-refractivity contribution in [1.29, 1.82) is 0 Å². The zero-order valence-electron chi connectivity index (χ0n) is 10.2. The molecule has 0 radical (unpaired) electrons. The molecule has 2 N–H and O–H groups in total. The number of morpholine rings is 1. The monoisotopic (exact) mass is 228 g/mol. The van der Waals surface area contributed by atoms with E-state index in [9.17, 15) is 4.79 Å². The fourth-order valence-electron chi connectivity index (χ4n) is 2.31.